The summed E-state index contributed by atoms with van der Waals surface area (Å²) in [5.74, 6) is 0. The van der Waals surface area contributed by atoms with Crippen LogP contribution in [0.2, 0.25) is 0 Å². The van der Waals surface area contributed by atoms with Crippen LogP contribution in [0, 0.1) is 6.92 Å². The molecule has 1 aromatic heterocycles. The quantitative estimate of drug-likeness (QED) is 0.790. The van der Waals surface area contributed by atoms with Crippen molar-refractivity contribution < 1.29 is 4.74 Å². The molecule has 4 heteroatoms. The number of aryl methyl sites for hydroxylation is 2. The molecule has 17 heavy (non-hydrogen) atoms. The van der Waals surface area contributed by atoms with E-state index in [1.165, 1.54) is 5.69 Å². The van der Waals surface area contributed by atoms with E-state index in [0.29, 0.717) is 6.10 Å². The zero-order valence-electron chi connectivity index (χ0n) is 11.4. The molecule has 1 rings (SSSR count). The first-order valence-corrected chi connectivity index (χ1v) is 6.38. The second kappa shape index (κ2) is 6.77. The summed E-state index contributed by atoms with van der Waals surface area (Å²) in [6, 6.07) is 2.32. The van der Waals surface area contributed by atoms with Gasteiger partial charge in [-0.05, 0) is 39.7 Å². The van der Waals surface area contributed by atoms with E-state index in [1.807, 2.05) is 11.6 Å². The van der Waals surface area contributed by atoms with Crippen molar-refractivity contribution in [1.29, 1.82) is 0 Å². The fraction of sp³-hybridized carbons (Fsp3) is 0.769. The Labute approximate surface area is 104 Å². The topological polar surface area (TPSA) is 53.1 Å². The van der Waals surface area contributed by atoms with Gasteiger partial charge in [0.2, 0.25) is 0 Å². The third kappa shape index (κ3) is 4.48. The van der Waals surface area contributed by atoms with Crippen LogP contribution in [0.5, 0.6) is 0 Å². The maximum atomic E-state index is 6.14. The Balaban J connectivity index is 2.46. The average Bonchev–Trinajstić information content (AvgIpc) is 2.66. The largest absolute Gasteiger partial charge is 0.382 e. The zero-order chi connectivity index (χ0) is 12.8. The molecule has 0 aliphatic heterocycles. The number of nitrogens with zero attached hydrogens (tertiary/aromatic N) is 2. The first-order valence-electron chi connectivity index (χ1n) is 6.38. The number of ether oxygens (including phenoxy) is 1. The van der Waals surface area contributed by atoms with E-state index >= 15 is 0 Å². The monoisotopic (exact) mass is 239 g/mol. The normalized spacial score (nSPS) is 14.9. The van der Waals surface area contributed by atoms with Gasteiger partial charge in [0.1, 0.15) is 0 Å². The number of nitrogens with two attached hydrogens (primary N) is 1. The maximum absolute atomic E-state index is 6.14. The number of aromatic nitrogens is 2. The maximum Gasteiger partial charge on any atom is 0.0596 e. The van der Waals surface area contributed by atoms with E-state index in [1.54, 1.807) is 7.11 Å². The highest BCUT2D eigenvalue weighted by molar-refractivity contribution is 5.10. The first-order chi connectivity index (χ1) is 8.06. The van der Waals surface area contributed by atoms with Gasteiger partial charge in [-0.1, -0.05) is 0 Å². The van der Waals surface area contributed by atoms with Gasteiger partial charge in [-0.2, -0.15) is 5.10 Å². The molecule has 98 valence electrons. The molecule has 0 fully saturated rings. The van der Waals surface area contributed by atoms with E-state index in [2.05, 4.69) is 25.0 Å². The van der Waals surface area contributed by atoms with Crippen LogP contribution in [0.1, 0.15) is 38.1 Å². The Morgan fingerprint density at radius 2 is 2.18 bits per heavy atom. The molecular formula is C13H25N3O. The van der Waals surface area contributed by atoms with Crippen molar-refractivity contribution in [2.75, 3.05) is 7.11 Å². The van der Waals surface area contributed by atoms with Crippen LogP contribution in [0.25, 0.3) is 0 Å². The van der Waals surface area contributed by atoms with Crippen LogP contribution in [0.3, 0.4) is 0 Å². The molecule has 0 saturated heterocycles. The van der Waals surface area contributed by atoms with Gasteiger partial charge in [-0.15, -0.1) is 0 Å². The summed E-state index contributed by atoms with van der Waals surface area (Å²) in [7, 11) is 1.74. The Hall–Kier alpha value is -0.870. The highest BCUT2D eigenvalue weighted by Gasteiger charge is 2.11. The van der Waals surface area contributed by atoms with E-state index < -0.39 is 0 Å². The molecule has 0 radical (unpaired) electrons. The van der Waals surface area contributed by atoms with Gasteiger partial charge in [0.15, 0.2) is 0 Å². The summed E-state index contributed by atoms with van der Waals surface area (Å²) < 4.78 is 7.26. The standard InChI is InChI=1S/C13H25N3O/c1-5-16-13(8-10(2)15-16)9-12(14)7-6-11(3)17-4/h8,11-12H,5-7,9,14H2,1-4H3. The molecule has 1 heterocycles. The molecule has 0 amide bonds. The number of rotatable bonds is 7. The van der Waals surface area contributed by atoms with E-state index in [9.17, 15) is 0 Å². The fourth-order valence-corrected chi connectivity index (χ4v) is 1.97. The van der Waals surface area contributed by atoms with Crippen molar-refractivity contribution in [2.24, 2.45) is 5.73 Å². The third-order valence-corrected chi connectivity index (χ3v) is 3.10. The molecule has 0 spiro atoms. The molecule has 1 aromatic rings. The highest BCUT2D eigenvalue weighted by Crippen LogP contribution is 2.10. The fourth-order valence-electron chi connectivity index (χ4n) is 1.97. The Kier molecular flexibility index (Phi) is 5.65. The predicted molar refractivity (Wildman–Crippen MR) is 70.0 cm³/mol. The number of hydrogen-bond donors (Lipinski definition) is 1. The molecule has 0 bridgehead atoms. The van der Waals surface area contributed by atoms with Crippen LogP contribution in [0.4, 0.5) is 0 Å². The summed E-state index contributed by atoms with van der Waals surface area (Å²) in [4.78, 5) is 0. The van der Waals surface area contributed by atoms with Crippen LogP contribution >= 0.6 is 0 Å². The van der Waals surface area contributed by atoms with Gasteiger partial charge in [-0.25, -0.2) is 0 Å². The van der Waals surface area contributed by atoms with Crippen molar-refractivity contribution in [3.8, 4) is 0 Å². The Morgan fingerprint density at radius 1 is 1.47 bits per heavy atom. The van der Waals surface area contributed by atoms with Crippen LogP contribution < -0.4 is 5.73 Å². The minimum absolute atomic E-state index is 0.189. The lowest BCUT2D eigenvalue weighted by Gasteiger charge is -2.15. The molecule has 2 atom stereocenters. The van der Waals surface area contributed by atoms with Gasteiger partial charge < -0.3 is 10.5 Å². The SMILES string of the molecule is CCn1nc(C)cc1CC(N)CCC(C)OC. The van der Waals surface area contributed by atoms with Crippen molar-refractivity contribution >= 4 is 0 Å². The smallest absolute Gasteiger partial charge is 0.0596 e. The van der Waals surface area contributed by atoms with Gasteiger partial charge in [0, 0.05) is 31.8 Å². The number of methoxy groups -OCH3 is 1. The second-order valence-corrected chi connectivity index (χ2v) is 4.68. The van der Waals surface area contributed by atoms with Crippen LogP contribution in [-0.4, -0.2) is 29.0 Å². The van der Waals surface area contributed by atoms with E-state index in [-0.39, 0.29) is 6.04 Å². The Bertz CT molecular complexity index is 335. The molecule has 0 aliphatic carbocycles. The van der Waals surface area contributed by atoms with Crippen molar-refractivity contribution in [1.82, 2.24) is 9.78 Å². The van der Waals surface area contributed by atoms with E-state index in [0.717, 1.165) is 31.5 Å². The minimum Gasteiger partial charge on any atom is -0.382 e. The Morgan fingerprint density at radius 3 is 2.76 bits per heavy atom. The molecule has 0 aromatic carbocycles. The van der Waals surface area contributed by atoms with Crippen LogP contribution in [0.15, 0.2) is 6.07 Å². The second-order valence-electron chi connectivity index (χ2n) is 4.68. The van der Waals surface area contributed by atoms with Crippen LogP contribution in [-0.2, 0) is 17.7 Å². The summed E-state index contributed by atoms with van der Waals surface area (Å²) in [5, 5.41) is 4.43. The van der Waals surface area contributed by atoms with Crippen molar-refractivity contribution in [3.63, 3.8) is 0 Å². The first kappa shape index (κ1) is 14.2. The lowest BCUT2D eigenvalue weighted by Crippen LogP contribution is -2.25. The third-order valence-electron chi connectivity index (χ3n) is 3.10. The predicted octanol–water partition coefficient (Wildman–Crippen LogP) is 1.90. The summed E-state index contributed by atoms with van der Waals surface area (Å²) in [6.07, 6.45) is 3.18. The molecule has 0 saturated carbocycles. The van der Waals surface area contributed by atoms with Crippen molar-refractivity contribution in [3.05, 3.63) is 17.5 Å². The zero-order valence-corrected chi connectivity index (χ0v) is 11.4. The van der Waals surface area contributed by atoms with Gasteiger partial charge in [0.05, 0.1) is 11.8 Å². The van der Waals surface area contributed by atoms with Gasteiger partial charge in [0.25, 0.3) is 0 Å². The van der Waals surface area contributed by atoms with Gasteiger partial charge in [-0.3, -0.25) is 4.68 Å². The molecular weight excluding hydrogens is 214 g/mol. The number of hydrogen-bond acceptors (Lipinski definition) is 3. The van der Waals surface area contributed by atoms with Gasteiger partial charge >= 0.3 is 0 Å². The van der Waals surface area contributed by atoms with Crippen molar-refractivity contribution in [2.45, 2.75) is 58.7 Å². The lowest BCUT2D eigenvalue weighted by molar-refractivity contribution is 0.107. The molecule has 4 nitrogen and oxygen atoms in total. The summed E-state index contributed by atoms with van der Waals surface area (Å²) in [5.41, 5.74) is 8.45. The summed E-state index contributed by atoms with van der Waals surface area (Å²) >= 11 is 0. The minimum atomic E-state index is 0.189. The average molecular weight is 239 g/mol. The molecule has 2 N–H and O–H groups in total. The molecule has 0 aliphatic rings. The lowest BCUT2D eigenvalue weighted by atomic mass is 10.0. The molecule has 2 unspecified atom stereocenters. The summed E-state index contributed by atoms with van der Waals surface area (Å²) in [6.45, 7) is 7.11. The van der Waals surface area contributed by atoms with E-state index in [4.69, 9.17) is 10.5 Å². The highest BCUT2D eigenvalue weighted by atomic mass is 16.5.